The number of rotatable bonds is 5. The van der Waals surface area contributed by atoms with Gasteiger partial charge in [0.1, 0.15) is 11.3 Å². The van der Waals surface area contributed by atoms with Crippen LogP contribution in [0.15, 0.2) is 29.0 Å². The van der Waals surface area contributed by atoms with Gasteiger partial charge in [0.15, 0.2) is 11.6 Å². The Morgan fingerprint density at radius 1 is 1.37 bits per heavy atom. The Kier molecular flexibility index (Phi) is 4.13. The van der Waals surface area contributed by atoms with Gasteiger partial charge < -0.3 is 19.9 Å². The van der Waals surface area contributed by atoms with E-state index in [4.69, 9.17) is 4.84 Å². The first-order valence-corrected chi connectivity index (χ1v) is 9.65. The average molecular weight is 418 g/mol. The minimum absolute atomic E-state index is 0.0637. The van der Waals surface area contributed by atoms with Gasteiger partial charge in [-0.25, -0.2) is 13.6 Å². The van der Waals surface area contributed by atoms with Crippen molar-refractivity contribution in [3.05, 3.63) is 51.6 Å². The van der Waals surface area contributed by atoms with Crippen LogP contribution in [0.25, 0.3) is 10.9 Å². The summed E-state index contributed by atoms with van der Waals surface area (Å²) >= 11 is 0. The molecule has 0 bridgehead atoms. The highest BCUT2D eigenvalue weighted by molar-refractivity contribution is 5.94. The SMILES string of the molecule is CONC1=CN(c2c(F)cc3c(=O)c(C(=O)O)cn(C4CC4)c3c2F)CC12CNC2. The van der Waals surface area contributed by atoms with Gasteiger partial charge in [0.25, 0.3) is 0 Å². The molecule has 5 rings (SSSR count). The number of fused-ring (bicyclic) bond motifs is 1. The van der Waals surface area contributed by atoms with E-state index in [0.29, 0.717) is 25.3 Å². The van der Waals surface area contributed by atoms with Crippen LogP contribution in [0.2, 0.25) is 0 Å². The van der Waals surface area contributed by atoms with Gasteiger partial charge in [-0.05, 0) is 18.9 Å². The van der Waals surface area contributed by atoms with Gasteiger partial charge in [-0.15, -0.1) is 0 Å². The Bertz CT molecular complexity index is 1170. The van der Waals surface area contributed by atoms with Crippen LogP contribution < -0.4 is 21.1 Å². The number of hydroxylamine groups is 1. The quantitative estimate of drug-likeness (QED) is 0.637. The Morgan fingerprint density at radius 3 is 2.67 bits per heavy atom. The third-order valence-corrected chi connectivity index (χ3v) is 6.11. The topological polar surface area (TPSA) is 95.8 Å². The predicted octanol–water partition coefficient (Wildman–Crippen LogP) is 1.71. The zero-order chi connectivity index (χ0) is 21.2. The van der Waals surface area contributed by atoms with Crippen molar-refractivity contribution in [3.63, 3.8) is 0 Å². The molecule has 3 aliphatic rings. The first kappa shape index (κ1) is 19.0. The number of hydrogen-bond donors (Lipinski definition) is 3. The van der Waals surface area contributed by atoms with E-state index in [2.05, 4.69) is 10.8 Å². The summed E-state index contributed by atoms with van der Waals surface area (Å²) in [5.41, 5.74) is 1.45. The fraction of sp³-hybridized carbons (Fsp3) is 0.400. The van der Waals surface area contributed by atoms with Crippen molar-refractivity contribution in [1.29, 1.82) is 0 Å². The number of carbonyl (C=O) groups is 1. The second-order valence-electron chi connectivity index (χ2n) is 8.09. The molecule has 2 aromatic rings. The molecule has 0 amide bonds. The molecule has 158 valence electrons. The molecule has 1 aromatic heterocycles. The largest absolute Gasteiger partial charge is 0.477 e. The van der Waals surface area contributed by atoms with Crippen LogP contribution in [0.4, 0.5) is 14.5 Å². The fourth-order valence-corrected chi connectivity index (χ4v) is 4.35. The van der Waals surface area contributed by atoms with Crippen molar-refractivity contribution in [2.24, 2.45) is 5.41 Å². The van der Waals surface area contributed by atoms with Crippen molar-refractivity contribution >= 4 is 22.6 Å². The number of benzene rings is 1. The minimum Gasteiger partial charge on any atom is -0.477 e. The van der Waals surface area contributed by atoms with Crippen molar-refractivity contribution in [3.8, 4) is 0 Å². The van der Waals surface area contributed by atoms with Crippen LogP contribution in [-0.4, -0.2) is 42.4 Å². The number of aromatic nitrogens is 1. The van der Waals surface area contributed by atoms with Crippen LogP contribution >= 0.6 is 0 Å². The van der Waals surface area contributed by atoms with Crippen molar-refractivity contribution in [2.75, 3.05) is 31.6 Å². The minimum atomic E-state index is -1.42. The highest BCUT2D eigenvalue weighted by Gasteiger charge is 2.47. The number of nitrogens with one attached hydrogen (secondary N) is 2. The Balaban J connectivity index is 1.71. The lowest BCUT2D eigenvalue weighted by Crippen LogP contribution is -2.58. The zero-order valence-corrected chi connectivity index (χ0v) is 16.2. The summed E-state index contributed by atoms with van der Waals surface area (Å²) in [6, 6.07) is 0.837. The van der Waals surface area contributed by atoms with Crippen LogP contribution in [0.1, 0.15) is 29.2 Å². The highest BCUT2D eigenvalue weighted by atomic mass is 19.1. The summed E-state index contributed by atoms with van der Waals surface area (Å²) in [7, 11) is 1.47. The predicted molar refractivity (Wildman–Crippen MR) is 104 cm³/mol. The third-order valence-electron chi connectivity index (χ3n) is 6.11. The molecule has 0 radical (unpaired) electrons. The Labute approximate surface area is 169 Å². The van der Waals surface area contributed by atoms with Gasteiger partial charge in [-0.2, -0.15) is 0 Å². The van der Waals surface area contributed by atoms with Gasteiger partial charge in [-0.1, -0.05) is 0 Å². The Hall–Kier alpha value is -2.98. The lowest BCUT2D eigenvalue weighted by Gasteiger charge is -2.41. The second kappa shape index (κ2) is 6.51. The van der Waals surface area contributed by atoms with Gasteiger partial charge >= 0.3 is 5.97 Å². The molecule has 2 aliphatic heterocycles. The van der Waals surface area contributed by atoms with Crippen molar-refractivity contribution < 1.29 is 23.5 Å². The standard InChI is InChI=1S/C20H20F2N4O4/c1-30-24-14-6-25(9-20(14)7-23-8-20)17-13(21)4-11-16(15(17)22)26(10-2-3-10)5-12(18(11)27)19(28)29/h4-6,10,23-24H,2-3,7-9H2,1H3,(H,28,29). The summed E-state index contributed by atoms with van der Waals surface area (Å²) in [5.74, 6) is -3.21. The molecule has 1 aliphatic carbocycles. The number of carboxylic acids is 1. The monoisotopic (exact) mass is 418 g/mol. The van der Waals surface area contributed by atoms with Crippen LogP contribution in [0, 0.1) is 17.0 Å². The van der Waals surface area contributed by atoms with Crippen LogP contribution in [0.3, 0.4) is 0 Å². The number of aromatic carboxylic acids is 1. The Morgan fingerprint density at radius 2 is 2.10 bits per heavy atom. The maximum Gasteiger partial charge on any atom is 0.341 e. The molecule has 2 fully saturated rings. The smallest absolute Gasteiger partial charge is 0.341 e. The van der Waals surface area contributed by atoms with E-state index in [1.165, 1.54) is 22.8 Å². The van der Waals surface area contributed by atoms with E-state index in [1.54, 1.807) is 6.20 Å². The number of hydrogen-bond acceptors (Lipinski definition) is 6. The molecule has 0 atom stereocenters. The van der Waals surface area contributed by atoms with E-state index in [-0.39, 0.29) is 28.0 Å². The molecule has 0 unspecified atom stereocenters. The summed E-state index contributed by atoms with van der Waals surface area (Å²) in [5, 5.41) is 12.3. The molecule has 1 saturated carbocycles. The number of nitrogens with zero attached hydrogens (tertiary/aromatic N) is 2. The van der Waals surface area contributed by atoms with E-state index in [9.17, 15) is 14.7 Å². The van der Waals surface area contributed by atoms with E-state index >= 15 is 8.78 Å². The lowest BCUT2D eigenvalue weighted by molar-refractivity contribution is 0.0694. The van der Waals surface area contributed by atoms with Crippen LogP contribution in [0.5, 0.6) is 0 Å². The first-order chi connectivity index (χ1) is 14.4. The van der Waals surface area contributed by atoms with E-state index in [0.717, 1.165) is 18.9 Å². The van der Waals surface area contributed by atoms with Crippen molar-refractivity contribution in [2.45, 2.75) is 18.9 Å². The molecule has 8 nitrogen and oxygen atoms in total. The van der Waals surface area contributed by atoms with Crippen LogP contribution in [-0.2, 0) is 4.84 Å². The molecular formula is C20H20F2N4O4. The summed E-state index contributed by atoms with van der Waals surface area (Å²) in [6.07, 6.45) is 4.26. The lowest BCUT2D eigenvalue weighted by atomic mass is 9.80. The third kappa shape index (κ3) is 2.63. The number of anilines is 1. The number of pyridine rings is 1. The molecule has 1 aromatic carbocycles. The maximum absolute atomic E-state index is 15.7. The average Bonchev–Trinajstić information content (AvgIpc) is 3.43. The maximum atomic E-state index is 15.7. The molecular weight excluding hydrogens is 398 g/mol. The molecule has 3 N–H and O–H groups in total. The molecule has 10 heteroatoms. The second-order valence-corrected chi connectivity index (χ2v) is 8.09. The summed E-state index contributed by atoms with van der Waals surface area (Å²) in [4.78, 5) is 30.6. The summed E-state index contributed by atoms with van der Waals surface area (Å²) < 4.78 is 32.3. The molecule has 3 heterocycles. The number of halogens is 2. The summed E-state index contributed by atoms with van der Waals surface area (Å²) in [6.45, 7) is 1.61. The molecule has 30 heavy (non-hydrogen) atoms. The normalized spacial score (nSPS) is 19.8. The first-order valence-electron chi connectivity index (χ1n) is 9.65. The highest BCUT2D eigenvalue weighted by Crippen LogP contribution is 2.43. The van der Waals surface area contributed by atoms with Gasteiger partial charge in [0.05, 0.1) is 29.1 Å². The fourth-order valence-electron chi connectivity index (χ4n) is 4.35. The number of carboxylic acid groups (broad SMARTS) is 1. The van der Waals surface area contributed by atoms with E-state index in [1.807, 2.05) is 0 Å². The van der Waals surface area contributed by atoms with Gasteiger partial charge in [0, 0.05) is 38.1 Å². The molecule has 1 saturated heterocycles. The van der Waals surface area contributed by atoms with E-state index < -0.39 is 28.6 Å². The zero-order valence-electron chi connectivity index (χ0n) is 16.2. The van der Waals surface area contributed by atoms with Crippen molar-refractivity contribution in [1.82, 2.24) is 15.4 Å². The van der Waals surface area contributed by atoms with Gasteiger partial charge in [0.2, 0.25) is 5.43 Å². The molecule has 1 spiro atoms. The van der Waals surface area contributed by atoms with Gasteiger partial charge in [-0.3, -0.25) is 15.1 Å².